The van der Waals surface area contributed by atoms with Crippen LogP contribution in [0.25, 0.3) is 0 Å². The Bertz CT molecular complexity index is 383. The number of hydrogen-bond donors (Lipinski definition) is 1. The second-order valence-electron chi connectivity index (χ2n) is 4.83. The van der Waals surface area contributed by atoms with Crippen molar-refractivity contribution >= 4 is 0 Å². The van der Waals surface area contributed by atoms with Gasteiger partial charge in [0.25, 0.3) is 0 Å². The third-order valence-electron chi connectivity index (χ3n) is 3.26. The first-order chi connectivity index (χ1) is 7.68. The summed E-state index contributed by atoms with van der Waals surface area (Å²) >= 11 is 2.37. The third kappa shape index (κ3) is 3.18. The standard InChI is InChI=1S/C7H10N2.C5H11N.Pt/c1-8-4-5-9(6-8)7-2-3-7;6-5-3-1-2-4-5;/h4-5,7H,2-3H2,1H3;5H,1-4,6H2;. The van der Waals surface area contributed by atoms with Gasteiger partial charge in [0, 0.05) is 6.04 Å². The first-order valence-corrected chi connectivity index (χ1v) is 7.26. The fraction of sp³-hybridized carbons (Fsp3) is 0.750. The largest absolute Gasteiger partial charge is 0.328 e. The van der Waals surface area contributed by atoms with Crippen LogP contribution in [0.15, 0.2) is 12.4 Å². The summed E-state index contributed by atoms with van der Waals surface area (Å²) in [6.07, 6.45) is 12.3. The average Bonchev–Trinajstić information content (AvgIpc) is 2.91. The van der Waals surface area contributed by atoms with Gasteiger partial charge in [-0.05, 0) is 12.8 Å². The molecule has 0 aromatic carbocycles. The zero-order chi connectivity index (χ0) is 11.5. The Balaban J connectivity index is 0.000000138. The van der Waals surface area contributed by atoms with Gasteiger partial charge in [-0.2, -0.15) is 0 Å². The Morgan fingerprint density at radius 1 is 1.19 bits per heavy atom. The topological polar surface area (TPSA) is 35.9 Å². The summed E-state index contributed by atoms with van der Waals surface area (Å²) in [5.74, 6) is 0. The van der Waals surface area contributed by atoms with Crippen molar-refractivity contribution in [2.24, 2.45) is 12.8 Å². The summed E-state index contributed by atoms with van der Waals surface area (Å²) in [6, 6.07) is 1.36. The summed E-state index contributed by atoms with van der Waals surface area (Å²) < 4.78 is 5.84. The van der Waals surface area contributed by atoms with Gasteiger partial charge in [0.05, 0.1) is 0 Å². The molecule has 0 saturated heterocycles. The number of aromatic nitrogens is 2. The number of hydrogen-bond acceptors (Lipinski definition) is 1. The molecule has 0 radical (unpaired) electrons. The molecule has 4 heteroatoms. The molecule has 2 fully saturated rings. The number of imidazole rings is 1. The van der Waals surface area contributed by atoms with Crippen LogP contribution in [0, 0.1) is 3.80 Å². The van der Waals surface area contributed by atoms with E-state index in [1.807, 2.05) is 0 Å². The van der Waals surface area contributed by atoms with Gasteiger partial charge < -0.3 is 5.73 Å². The minimum Gasteiger partial charge on any atom is -0.328 e. The maximum atomic E-state index is 5.53. The summed E-state index contributed by atoms with van der Waals surface area (Å²) in [4.78, 5) is 0. The Hall–Kier alpha value is -0.142. The van der Waals surface area contributed by atoms with Crippen molar-refractivity contribution < 1.29 is 19.4 Å². The van der Waals surface area contributed by atoms with Crippen LogP contribution >= 0.6 is 0 Å². The normalized spacial score (nSPS) is 20.8. The fourth-order valence-electron chi connectivity index (χ4n) is 2.04. The van der Waals surface area contributed by atoms with Crippen molar-refractivity contribution in [3.05, 3.63) is 16.2 Å². The Labute approximate surface area is 108 Å². The molecule has 0 spiro atoms. The van der Waals surface area contributed by atoms with Crippen LogP contribution in [0.3, 0.4) is 0 Å². The first-order valence-electron chi connectivity index (χ1n) is 6.13. The number of rotatable bonds is 1. The zero-order valence-corrected chi connectivity index (χ0v) is 12.1. The van der Waals surface area contributed by atoms with E-state index in [9.17, 15) is 0 Å². The predicted octanol–water partition coefficient (Wildman–Crippen LogP) is 2.13. The molecule has 0 unspecified atom stereocenters. The predicted molar refractivity (Wildman–Crippen MR) is 61.4 cm³/mol. The maximum absolute atomic E-state index is 5.53. The Morgan fingerprint density at radius 2 is 1.81 bits per heavy atom. The van der Waals surface area contributed by atoms with E-state index in [4.69, 9.17) is 5.73 Å². The van der Waals surface area contributed by atoms with Crippen LogP contribution in [0.5, 0.6) is 0 Å². The van der Waals surface area contributed by atoms with Gasteiger partial charge in [-0.25, -0.2) is 0 Å². The Morgan fingerprint density at radius 3 is 2.12 bits per heavy atom. The summed E-state index contributed by atoms with van der Waals surface area (Å²) in [5, 5.41) is 0. The van der Waals surface area contributed by atoms with E-state index in [1.165, 1.54) is 42.3 Å². The molecular weight excluding hydrogens is 381 g/mol. The molecule has 0 atom stereocenters. The van der Waals surface area contributed by atoms with E-state index in [2.05, 4.69) is 47.9 Å². The number of nitrogens with two attached hydrogens (primary N) is 1. The zero-order valence-electron chi connectivity index (χ0n) is 9.84. The van der Waals surface area contributed by atoms with Crippen LogP contribution in [0.2, 0.25) is 0 Å². The van der Waals surface area contributed by atoms with Gasteiger partial charge in [0.2, 0.25) is 0 Å². The summed E-state index contributed by atoms with van der Waals surface area (Å²) in [7, 11) is 2.08. The molecule has 16 heavy (non-hydrogen) atoms. The van der Waals surface area contributed by atoms with Crippen LogP contribution in [0.4, 0.5) is 0 Å². The maximum Gasteiger partial charge on any atom is 0.00388 e. The first kappa shape index (κ1) is 12.3. The molecule has 2 aliphatic carbocycles. The van der Waals surface area contributed by atoms with Crippen molar-refractivity contribution in [2.45, 2.75) is 50.6 Å². The van der Waals surface area contributed by atoms with Crippen molar-refractivity contribution in [3.8, 4) is 0 Å². The second-order valence-corrected chi connectivity index (χ2v) is 5.85. The van der Waals surface area contributed by atoms with Crippen LogP contribution < -0.4 is 5.73 Å². The van der Waals surface area contributed by atoms with E-state index >= 15 is 0 Å². The smallest absolute Gasteiger partial charge is 0.00388 e. The molecule has 1 aromatic rings. The van der Waals surface area contributed by atoms with Gasteiger partial charge in [-0.15, -0.1) is 0 Å². The van der Waals surface area contributed by atoms with Gasteiger partial charge in [0.1, 0.15) is 0 Å². The Kier molecular flexibility index (Phi) is 4.20. The van der Waals surface area contributed by atoms with E-state index in [0.717, 1.165) is 6.04 Å². The molecule has 2 aliphatic rings. The van der Waals surface area contributed by atoms with E-state index in [-0.39, 0.29) is 0 Å². The fourth-order valence-corrected chi connectivity index (χ4v) is 2.79. The molecule has 1 aromatic heterocycles. The SMILES string of the molecule is Cn1ccn(C2CC2)[c]1=[Pt].NC1CCCC1. The van der Waals surface area contributed by atoms with Gasteiger partial charge in [-0.1, -0.05) is 12.8 Å². The third-order valence-corrected chi connectivity index (χ3v) is 4.65. The van der Waals surface area contributed by atoms with Gasteiger partial charge in [-0.3, -0.25) is 0 Å². The molecule has 2 N–H and O–H groups in total. The van der Waals surface area contributed by atoms with Gasteiger partial charge in [0.15, 0.2) is 0 Å². The van der Waals surface area contributed by atoms with Crippen LogP contribution in [-0.4, -0.2) is 15.2 Å². The van der Waals surface area contributed by atoms with E-state index in [0.29, 0.717) is 6.04 Å². The molecule has 0 amide bonds. The molecule has 2 saturated carbocycles. The molecule has 94 valence electrons. The van der Waals surface area contributed by atoms with Crippen LogP contribution in [-0.2, 0) is 26.4 Å². The van der Waals surface area contributed by atoms with E-state index < -0.39 is 0 Å². The second kappa shape index (κ2) is 5.46. The van der Waals surface area contributed by atoms with Crippen molar-refractivity contribution in [3.63, 3.8) is 0 Å². The van der Waals surface area contributed by atoms with E-state index in [1.54, 1.807) is 0 Å². The average molecular weight is 402 g/mol. The van der Waals surface area contributed by atoms with Gasteiger partial charge >= 0.3 is 70.6 Å². The summed E-state index contributed by atoms with van der Waals surface area (Å²) in [5.41, 5.74) is 5.53. The molecule has 0 bridgehead atoms. The van der Waals surface area contributed by atoms with Crippen molar-refractivity contribution in [1.82, 2.24) is 9.13 Å². The number of aryl methyl sites for hydroxylation is 1. The molecule has 1 heterocycles. The molecular formula is C12H21N3Pt. The molecule has 0 aliphatic heterocycles. The minimum absolute atomic E-state index is 0.546. The molecule has 3 rings (SSSR count). The van der Waals surface area contributed by atoms with Crippen molar-refractivity contribution in [2.75, 3.05) is 0 Å². The monoisotopic (exact) mass is 402 g/mol. The van der Waals surface area contributed by atoms with Crippen molar-refractivity contribution in [1.29, 1.82) is 0 Å². The summed E-state index contributed by atoms with van der Waals surface area (Å²) in [6.45, 7) is 0. The minimum atomic E-state index is 0.546. The number of nitrogens with zero attached hydrogens (tertiary/aromatic N) is 2. The van der Waals surface area contributed by atoms with Crippen LogP contribution in [0.1, 0.15) is 44.6 Å². The molecule has 3 nitrogen and oxygen atoms in total. The quantitative estimate of drug-likeness (QED) is 0.768.